The Bertz CT molecular complexity index is 802. The molecule has 1 aliphatic rings. The number of fused-ring (bicyclic) bond motifs is 1. The average Bonchev–Trinajstić information content (AvgIpc) is 2.61. The number of hydrogen-bond donors (Lipinski definition) is 2. The number of amides is 3. The van der Waals surface area contributed by atoms with Crippen molar-refractivity contribution in [3.63, 3.8) is 0 Å². The Morgan fingerprint density at radius 3 is 2.68 bits per heavy atom. The maximum absolute atomic E-state index is 12.5. The summed E-state index contributed by atoms with van der Waals surface area (Å²) in [4.78, 5) is 25.5. The van der Waals surface area contributed by atoms with E-state index in [1.165, 1.54) is 5.56 Å². The smallest absolute Gasteiger partial charge is 0.322 e. The molecule has 3 amide bonds. The van der Waals surface area contributed by atoms with Crippen LogP contribution in [-0.2, 0) is 4.79 Å². The van der Waals surface area contributed by atoms with E-state index >= 15 is 0 Å². The molecule has 0 saturated carbocycles. The molecule has 2 aromatic rings. The number of carbonyl (C=O) groups is 2. The summed E-state index contributed by atoms with van der Waals surface area (Å²) in [7, 11) is 1.76. The van der Waals surface area contributed by atoms with Crippen LogP contribution in [0.3, 0.4) is 0 Å². The molecule has 1 unspecified atom stereocenters. The predicted octanol–water partition coefficient (Wildman–Crippen LogP) is 3.55. The van der Waals surface area contributed by atoms with Gasteiger partial charge in [-0.05, 0) is 31.5 Å². The van der Waals surface area contributed by atoms with Gasteiger partial charge in [0.2, 0.25) is 0 Å². The third-order valence-electron chi connectivity index (χ3n) is 4.33. The van der Waals surface area contributed by atoms with Gasteiger partial charge in [-0.25, -0.2) is 4.79 Å². The van der Waals surface area contributed by atoms with Crippen molar-refractivity contribution in [3.05, 3.63) is 53.6 Å². The fraction of sp³-hybridized carbons (Fsp3) is 0.263. The zero-order valence-corrected chi connectivity index (χ0v) is 14.5. The highest BCUT2D eigenvalue weighted by Crippen LogP contribution is 2.31. The topological polar surface area (TPSA) is 70.7 Å². The highest BCUT2D eigenvalue weighted by Gasteiger charge is 2.19. The highest BCUT2D eigenvalue weighted by atomic mass is 16.5. The molecule has 25 heavy (non-hydrogen) atoms. The van der Waals surface area contributed by atoms with Crippen LogP contribution in [0.4, 0.5) is 16.2 Å². The van der Waals surface area contributed by atoms with Crippen LogP contribution in [0.15, 0.2) is 42.5 Å². The van der Waals surface area contributed by atoms with Gasteiger partial charge in [-0.3, -0.25) is 4.79 Å². The number of hydrogen-bond acceptors (Lipinski definition) is 3. The molecule has 0 bridgehead atoms. The molecule has 130 valence electrons. The molecule has 0 fully saturated rings. The van der Waals surface area contributed by atoms with Crippen molar-refractivity contribution in [2.24, 2.45) is 0 Å². The molecule has 3 rings (SSSR count). The first-order valence-corrected chi connectivity index (χ1v) is 8.11. The molecular weight excluding hydrogens is 318 g/mol. The van der Waals surface area contributed by atoms with Crippen molar-refractivity contribution in [3.8, 4) is 5.75 Å². The van der Waals surface area contributed by atoms with E-state index < -0.39 is 0 Å². The molecule has 1 aliphatic heterocycles. The average molecular weight is 339 g/mol. The molecule has 0 saturated heterocycles. The Morgan fingerprint density at radius 2 is 1.96 bits per heavy atom. The van der Waals surface area contributed by atoms with E-state index in [4.69, 9.17) is 4.74 Å². The molecule has 6 heteroatoms. The van der Waals surface area contributed by atoms with Gasteiger partial charge in [0.1, 0.15) is 5.75 Å². The molecule has 6 nitrogen and oxygen atoms in total. The molecular formula is C19H21N3O3. The Hall–Kier alpha value is -3.02. The van der Waals surface area contributed by atoms with Crippen LogP contribution in [0, 0.1) is 6.92 Å². The Balaban J connectivity index is 1.69. The van der Waals surface area contributed by atoms with Gasteiger partial charge in [-0.1, -0.05) is 29.8 Å². The van der Waals surface area contributed by atoms with Gasteiger partial charge in [0.15, 0.2) is 6.61 Å². The van der Waals surface area contributed by atoms with Crippen molar-refractivity contribution in [1.82, 2.24) is 4.90 Å². The van der Waals surface area contributed by atoms with Crippen LogP contribution in [0.5, 0.6) is 5.75 Å². The van der Waals surface area contributed by atoms with E-state index in [9.17, 15) is 9.59 Å². The zero-order valence-electron chi connectivity index (χ0n) is 14.5. The first kappa shape index (κ1) is 16.8. The van der Waals surface area contributed by atoms with Crippen LogP contribution in [0.25, 0.3) is 0 Å². The molecule has 2 N–H and O–H groups in total. The standard InChI is InChI=1S/C19H21N3O3/c1-12-4-6-14(7-5-12)13(2)22(3)19(24)20-15-8-9-16-17(10-15)25-11-18(23)21-16/h4-10,13H,11H2,1-3H3,(H,20,24)(H,21,23). The van der Waals surface area contributed by atoms with Crippen molar-refractivity contribution < 1.29 is 14.3 Å². The third-order valence-corrected chi connectivity index (χ3v) is 4.33. The quantitative estimate of drug-likeness (QED) is 0.898. The normalized spacial score (nSPS) is 14.0. The number of urea groups is 1. The van der Waals surface area contributed by atoms with Gasteiger partial charge in [-0.2, -0.15) is 0 Å². The highest BCUT2D eigenvalue weighted by molar-refractivity contribution is 5.96. The minimum atomic E-state index is -0.215. The van der Waals surface area contributed by atoms with Crippen molar-refractivity contribution in [2.45, 2.75) is 19.9 Å². The van der Waals surface area contributed by atoms with Gasteiger partial charge in [0.05, 0.1) is 11.7 Å². The number of ether oxygens (including phenoxy) is 1. The van der Waals surface area contributed by atoms with Crippen LogP contribution in [0.1, 0.15) is 24.1 Å². The number of benzene rings is 2. The maximum Gasteiger partial charge on any atom is 0.322 e. The first-order valence-electron chi connectivity index (χ1n) is 8.11. The van der Waals surface area contributed by atoms with Crippen LogP contribution < -0.4 is 15.4 Å². The number of anilines is 2. The van der Waals surface area contributed by atoms with Crippen LogP contribution in [-0.4, -0.2) is 30.5 Å². The fourth-order valence-corrected chi connectivity index (χ4v) is 2.61. The summed E-state index contributed by atoms with van der Waals surface area (Å²) >= 11 is 0. The molecule has 0 aliphatic carbocycles. The van der Waals surface area contributed by atoms with Crippen molar-refractivity contribution >= 4 is 23.3 Å². The first-order chi connectivity index (χ1) is 11.9. The third kappa shape index (κ3) is 3.74. The maximum atomic E-state index is 12.5. The van der Waals surface area contributed by atoms with Crippen LogP contribution in [0.2, 0.25) is 0 Å². The summed E-state index contributed by atoms with van der Waals surface area (Å²) in [6.07, 6.45) is 0. The van der Waals surface area contributed by atoms with Crippen molar-refractivity contribution in [2.75, 3.05) is 24.3 Å². The number of nitrogens with one attached hydrogen (secondary N) is 2. The summed E-state index contributed by atoms with van der Waals surface area (Å²) in [5, 5.41) is 5.58. The number of aryl methyl sites for hydroxylation is 1. The number of rotatable bonds is 3. The largest absolute Gasteiger partial charge is 0.482 e. The predicted molar refractivity (Wildman–Crippen MR) is 96.9 cm³/mol. The lowest BCUT2D eigenvalue weighted by Crippen LogP contribution is -2.33. The van der Waals surface area contributed by atoms with E-state index in [2.05, 4.69) is 10.6 Å². The van der Waals surface area contributed by atoms with E-state index in [1.54, 1.807) is 30.1 Å². The second-order valence-corrected chi connectivity index (χ2v) is 6.18. The number of carbonyl (C=O) groups excluding carboxylic acids is 2. The minimum Gasteiger partial charge on any atom is -0.482 e. The Labute approximate surface area is 146 Å². The molecule has 1 heterocycles. The lowest BCUT2D eigenvalue weighted by atomic mass is 10.1. The summed E-state index contributed by atoms with van der Waals surface area (Å²) < 4.78 is 5.37. The lowest BCUT2D eigenvalue weighted by Gasteiger charge is -2.26. The van der Waals surface area contributed by atoms with Gasteiger partial charge >= 0.3 is 6.03 Å². The van der Waals surface area contributed by atoms with E-state index in [0.29, 0.717) is 17.1 Å². The molecule has 1 atom stereocenters. The zero-order chi connectivity index (χ0) is 18.0. The SMILES string of the molecule is Cc1ccc(C(C)N(C)C(=O)Nc2ccc3c(c2)OCC(=O)N3)cc1. The fourth-order valence-electron chi connectivity index (χ4n) is 2.61. The van der Waals surface area contributed by atoms with E-state index in [-0.39, 0.29) is 24.6 Å². The summed E-state index contributed by atoms with van der Waals surface area (Å²) in [5.41, 5.74) is 3.47. The minimum absolute atomic E-state index is 0.0191. The van der Waals surface area contributed by atoms with Crippen LogP contribution >= 0.6 is 0 Å². The second-order valence-electron chi connectivity index (χ2n) is 6.18. The second kappa shape index (κ2) is 6.84. The molecule has 0 aromatic heterocycles. The van der Waals surface area contributed by atoms with Gasteiger partial charge in [0, 0.05) is 18.8 Å². The van der Waals surface area contributed by atoms with Gasteiger partial charge in [0.25, 0.3) is 5.91 Å². The monoisotopic (exact) mass is 339 g/mol. The van der Waals surface area contributed by atoms with Crippen molar-refractivity contribution in [1.29, 1.82) is 0 Å². The van der Waals surface area contributed by atoms with E-state index in [0.717, 1.165) is 5.56 Å². The molecule has 2 aromatic carbocycles. The summed E-state index contributed by atoms with van der Waals surface area (Å²) in [5.74, 6) is 0.363. The Morgan fingerprint density at radius 1 is 1.24 bits per heavy atom. The molecule has 0 radical (unpaired) electrons. The molecule has 0 spiro atoms. The van der Waals surface area contributed by atoms with Gasteiger partial charge < -0.3 is 20.3 Å². The van der Waals surface area contributed by atoms with E-state index in [1.807, 2.05) is 38.1 Å². The number of nitrogens with zero attached hydrogens (tertiary/aromatic N) is 1. The summed E-state index contributed by atoms with van der Waals surface area (Å²) in [6.45, 7) is 4.00. The Kier molecular flexibility index (Phi) is 4.61. The van der Waals surface area contributed by atoms with Gasteiger partial charge in [-0.15, -0.1) is 0 Å². The summed E-state index contributed by atoms with van der Waals surface area (Å²) in [6, 6.07) is 13.0. The lowest BCUT2D eigenvalue weighted by molar-refractivity contribution is -0.118.